The molecule has 7 atom stereocenters. The number of rotatable bonds is 65. The van der Waals surface area contributed by atoms with Gasteiger partial charge >= 0.3 is 39.5 Å². The van der Waals surface area contributed by atoms with E-state index in [-0.39, 0.29) is 25.7 Å². The predicted octanol–water partition coefficient (Wildman–Crippen LogP) is 18.9. The van der Waals surface area contributed by atoms with Gasteiger partial charge in [0, 0.05) is 25.7 Å². The number of phosphoric ester groups is 2. The van der Waals surface area contributed by atoms with Crippen LogP contribution in [0.5, 0.6) is 0 Å². The van der Waals surface area contributed by atoms with Gasteiger partial charge in [0.25, 0.3) is 0 Å². The Balaban J connectivity index is 5.23. The Morgan fingerprint density at radius 2 is 0.552 bits per heavy atom. The minimum Gasteiger partial charge on any atom is -0.462 e. The van der Waals surface area contributed by atoms with Gasteiger partial charge in [-0.1, -0.05) is 280 Å². The van der Waals surface area contributed by atoms with E-state index in [0.29, 0.717) is 31.6 Å². The van der Waals surface area contributed by atoms with E-state index in [1.165, 1.54) is 122 Å². The summed E-state index contributed by atoms with van der Waals surface area (Å²) in [6.45, 7) is 14.0. The largest absolute Gasteiger partial charge is 0.472 e. The Kier molecular flexibility index (Phi) is 56.6. The van der Waals surface area contributed by atoms with Crippen molar-refractivity contribution < 1.29 is 80.2 Å². The van der Waals surface area contributed by atoms with E-state index >= 15 is 0 Å². The van der Waals surface area contributed by atoms with E-state index in [2.05, 4.69) is 55.4 Å². The Hall–Kier alpha value is -1.94. The zero-order chi connectivity index (χ0) is 64.7. The molecule has 0 heterocycles. The van der Waals surface area contributed by atoms with Gasteiger partial charge in [0.15, 0.2) is 12.2 Å². The summed E-state index contributed by atoms with van der Waals surface area (Å²) in [5, 5.41) is 10.6. The average molecular weight is 1280 g/mol. The van der Waals surface area contributed by atoms with Crippen molar-refractivity contribution in [3.05, 3.63) is 0 Å². The third-order valence-electron chi connectivity index (χ3n) is 16.3. The van der Waals surface area contributed by atoms with Gasteiger partial charge in [0.05, 0.1) is 26.4 Å². The summed E-state index contributed by atoms with van der Waals surface area (Å²) in [6, 6.07) is 0. The van der Waals surface area contributed by atoms with Crippen LogP contribution < -0.4 is 0 Å². The van der Waals surface area contributed by atoms with Crippen LogP contribution in [-0.2, 0) is 65.4 Å². The molecule has 0 aromatic carbocycles. The fraction of sp³-hybridized carbons (Fsp3) is 0.941. The van der Waals surface area contributed by atoms with Crippen LogP contribution in [0.4, 0.5) is 0 Å². The average Bonchev–Trinajstić information content (AvgIpc) is 3.63. The van der Waals surface area contributed by atoms with Crippen LogP contribution in [0.25, 0.3) is 0 Å². The summed E-state index contributed by atoms with van der Waals surface area (Å²) in [5.74, 6) is 0.814. The molecular weight excluding hydrogens is 1150 g/mol. The molecule has 516 valence electrons. The molecule has 0 spiro atoms. The smallest absolute Gasteiger partial charge is 0.462 e. The van der Waals surface area contributed by atoms with E-state index in [4.69, 9.17) is 37.0 Å². The molecule has 0 saturated heterocycles. The molecule has 87 heavy (non-hydrogen) atoms. The van der Waals surface area contributed by atoms with Crippen molar-refractivity contribution >= 4 is 39.5 Å². The third kappa shape index (κ3) is 60.1. The first kappa shape index (κ1) is 85.1. The van der Waals surface area contributed by atoms with Gasteiger partial charge in [-0.25, -0.2) is 9.13 Å². The molecule has 19 heteroatoms. The van der Waals surface area contributed by atoms with Crippen LogP contribution in [0.2, 0.25) is 0 Å². The number of esters is 4. The summed E-state index contributed by atoms with van der Waals surface area (Å²) in [7, 11) is -9.90. The third-order valence-corrected chi connectivity index (χ3v) is 18.2. The molecule has 0 fully saturated rings. The highest BCUT2D eigenvalue weighted by Crippen LogP contribution is 2.45. The van der Waals surface area contributed by atoms with Gasteiger partial charge in [0.1, 0.15) is 19.3 Å². The monoisotopic (exact) mass is 1280 g/mol. The SMILES string of the molecule is CCC(C)CCCCCCCCC(=O)OC[C@H](COP(=O)(O)OCC(O)COP(=O)(O)OC[C@@H](COC(=O)CCCCCCCCCC(C)C)OC(=O)CCCCCCCCC(C)CC)OC(=O)CCCCCCCCCCCCCCCCC(C)C. The normalized spacial score (nSPS) is 15.0. The van der Waals surface area contributed by atoms with E-state index in [1.807, 2.05) is 0 Å². The van der Waals surface area contributed by atoms with Gasteiger partial charge in [-0.2, -0.15) is 0 Å². The van der Waals surface area contributed by atoms with E-state index in [1.54, 1.807) is 0 Å². The number of aliphatic hydroxyl groups is 1. The standard InChI is InChI=1S/C68H132O17P2/c1-9-60(7)46-38-30-24-26-33-41-49-66(71)79-55-63(84-67(72)50-42-34-22-18-16-14-12-11-13-15-17-20-28-36-44-58(3)4)56-82-86(74,75)80-52-62(69)53-81-87(76,77)83-57-64(85-68(73)51-43-35-27-25-31-39-47-61(8)10-2)54-78-65(70)48-40-32-23-19-21-29-37-45-59(5)6/h58-64,69H,9-57H2,1-8H3,(H,74,75)(H,76,77)/t60?,61?,62?,63-,64-/m1/s1. The molecule has 0 rings (SSSR count). The van der Waals surface area contributed by atoms with E-state index in [0.717, 1.165) is 120 Å². The van der Waals surface area contributed by atoms with Crippen molar-refractivity contribution in [1.29, 1.82) is 0 Å². The quantitative estimate of drug-likeness (QED) is 0.0222. The van der Waals surface area contributed by atoms with Crippen LogP contribution in [0, 0.1) is 23.7 Å². The van der Waals surface area contributed by atoms with Crippen molar-refractivity contribution in [2.75, 3.05) is 39.6 Å². The number of hydrogen-bond acceptors (Lipinski definition) is 15. The molecular formula is C68H132O17P2. The number of hydrogen-bond donors (Lipinski definition) is 3. The maximum atomic E-state index is 13.0. The predicted molar refractivity (Wildman–Crippen MR) is 349 cm³/mol. The molecule has 3 N–H and O–H groups in total. The molecule has 0 aliphatic heterocycles. The van der Waals surface area contributed by atoms with Gasteiger partial charge in [-0.05, 0) is 49.4 Å². The second-order valence-electron chi connectivity index (χ2n) is 26.0. The van der Waals surface area contributed by atoms with E-state index in [9.17, 15) is 43.2 Å². The van der Waals surface area contributed by atoms with Crippen molar-refractivity contribution in [3.8, 4) is 0 Å². The lowest BCUT2D eigenvalue weighted by Gasteiger charge is -2.21. The molecule has 0 bridgehead atoms. The Morgan fingerprint density at radius 3 is 0.816 bits per heavy atom. The second-order valence-corrected chi connectivity index (χ2v) is 28.9. The number of aliphatic hydroxyl groups excluding tert-OH is 1. The number of carbonyl (C=O) groups is 4. The second kappa shape index (κ2) is 57.9. The lowest BCUT2D eigenvalue weighted by atomic mass is 10.00. The van der Waals surface area contributed by atoms with Crippen LogP contribution in [0.3, 0.4) is 0 Å². The molecule has 0 aromatic heterocycles. The number of unbranched alkanes of at least 4 members (excludes halogenated alkanes) is 29. The lowest BCUT2D eigenvalue weighted by Crippen LogP contribution is -2.30. The van der Waals surface area contributed by atoms with Crippen LogP contribution in [0.1, 0.15) is 331 Å². The Labute approximate surface area is 530 Å². The first-order valence-corrected chi connectivity index (χ1v) is 38.3. The number of carbonyl (C=O) groups excluding carboxylic acids is 4. The Bertz CT molecular complexity index is 1730. The number of ether oxygens (including phenoxy) is 4. The molecule has 0 amide bonds. The van der Waals surface area contributed by atoms with Crippen molar-refractivity contribution in [2.45, 2.75) is 350 Å². The summed E-state index contributed by atoms with van der Waals surface area (Å²) >= 11 is 0. The first-order chi connectivity index (χ1) is 41.7. The van der Waals surface area contributed by atoms with Crippen LogP contribution in [-0.4, -0.2) is 96.7 Å². The van der Waals surface area contributed by atoms with Gasteiger partial charge in [0.2, 0.25) is 0 Å². The molecule has 0 radical (unpaired) electrons. The van der Waals surface area contributed by atoms with Gasteiger partial charge in [-0.15, -0.1) is 0 Å². The number of phosphoric acid groups is 2. The molecule has 0 aliphatic carbocycles. The topological polar surface area (TPSA) is 237 Å². The highest BCUT2D eigenvalue weighted by atomic mass is 31.2. The minimum absolute atomic E-state index is 0.102. The zero-order valence-corrected chi connectivity index (χ0v) is 58.4. The highest BCUT2D eigenvalue weighted by Gasteiger charge is 2.30. The maximum Gasteiger partial charge on any atom is 0.472 e. The summed E-state index contributed by atoms with van der Waals surface area (Å²) in [6.07, 6.45) is 39.1. The Morgan fingerprint density at radius 1 is 0.322 bits per heavy atom. The maximum absolute atomic E-state index is 13.0. The fourth-order valence-corrected chi connectivity index (χ4v) is 11.7. The lowest BCUT2D eigenvalue weighted by molar-refractivity contribution is -0.161. The summed E-state index contributed by atoms with van der Waals surface area (Å²) in [5.41, 5.74) is 0. The molecule has 5 unspecified atom stereocenters. The fourth-order valence-electron chi connectivity index (χ4n) is 10.1. The minimum atomic E-state index is -4.95. The van der Waals surface area contributed by atoms with Crippen molar-refractivity contribution in [3.63, 3.8) is 0 Å². The summed E-state index contributed by atoms with van der Waals surface area (Å²) < 4.78 is 68.1. The highest BCUT2D eigenvalue weighted by molar-refractivity contribution is 7.47. The van der Waals surface area contributed by atoms with Crippen molar-refractivity contribution in [2.24, 2.45) is 23.7 Å². The molecule has 17 nitrogen and oxygen atoms in total. The molecule has 0 saturated carbocycles. The van der Waals surface area contributed by atoms with Crippen LogP contribution in [0.15, 0.2) is 0 Å². The van der Waals surface area contributed by atoms with E-state index < -0.39 is 97.5 Å². The zero-order valence-electron chi connectivity index (χ0n) is 56.6. The first-order valence-electron chi connectivity index (χ1n) is 35.3. The van der Waals surface area contributed by atoms with Crippen molar-refractivity contribution in [1.82, 2.24) is 0 Å². The summed E-state index contributed by atoms with van der Waals surface area (Å²) in [4.78, 5) is 72.4. The van der Waals surface area contributed by atoms with Gasteiger partial charge < -0.3 is 33.8 Å². The molecule has 0 aromatic rings. The van der Waals surface area contributed by atoms with Gasteiger partial charge in [-0.3, -0.25) is 37.3 Å². The van der Waals surface area contributed by atoms with Crippen LogP contribution >= 0.6 is 15.6 Å². The molecule has 0 aliphatic rings.